The molecule has 0 aliphatic carbocycles. The predicted octanol–water partition coefficient (Wildman–Crippen LogP) is 1.30. The summed E-state index contributed by atoms with van der Waals surface area (Å²) in [6.07, 6.45) is 3.57. The van der Waals surface area contributed by atoms with Gasteiger partial charge in [-0.2, -0.15) is 0 Å². The molecular formula is C11H15N5. The second-order valence-electron chi connectivity index (χ2n) is 3.98. The van der Waals surface area contributed by atoms with E-state index in [1.165, 1.54) is 0 Å². The third-order valence-corrected chi connectivity index (χ3v) is 2.47. The zero-order valence-electron chi connectivity index (χ0n) is 9.68. The molecule has 2 heterocycles. The van der Waals surface area contributed by atoms with Gasteiger partial charge in [0, 0.05) is 12.2 Å². The van der Waals surface area contributed by atoms with Gasteiger partial charge in [0.15, 0.2) is 0 Å². The second-order valence-corrected chi connectivity index (χ2v) is 3.98. The molecule has 1 atom stereocenters. The first kappa shape index (κ1) is 10.8. The Kier molecular flexibility index (Phi) is 2.70. The predicted molar refractivity (Wildman–Crippen MR) is 61.2 cm³/mol. The summed E-state index contributed by atoms with van der Waals surface area (Å²) in [4.78, 5) is 4.14. The minimum Gasteiger partial charge on any atom is -0.323 e. The molecule has 0 aliphatic rings. The van der Waals surface area contributed by atoms with E-state index >= 15 is 0 Å². The summed E-state index contributed by atoms with van der Waals surface area (Å²) in [6, 6.07) is 1.91. The summed E-state index contributed by atoms with van der Waals surface area (Å²) in [5.41, 5.74) is 9.59. The van der Waals surface area contributed by atoms with Gasteiger partial charge in [0.1, 0.15) is 5.69 Å². The molecule has 2 aromatic rings. The highest BCUT2D eigenvalue weighted by atomic mass is 15.4. The fourth-order valence-corrected chi connectivity index (χ4v) is 1.66. The van der Waals surface area contributed by atoms with Crippen molar-refractivity contribution in [3.05, 3.63) is 35.4 Å². The Morgan fingerprint density at radius 1 is 1.31 bits per heavy atom. The molecule has 2 aromatic heterocycles. The molecule has 0 amide bonds. The smallest absolute Gasteiger partial charge is 0.102 e. The number of pyridine rings is 1. The lowest BCUT2D eigenvalue weighted by molar-refractivity contribution is 0.755. The highest BCUT2D eigenvalue weighted by molar-refractivity contribution is 5.33. The molecule has 0 saturated heterocycles. The van der Waals surface area contributed by atoms with E-state index in [0.29, 0.717) is 0 Å². The van der Waals surface area contributed by atoms with Crippen LogP contribution in [0.4, 0.5) is 0 Å². The quantitative estimate of drug-likeness (QED) is 0.823. The lowest BCUT2D eigenvalue weighted by Gasteiger charge is -2.05. The van der Waals surface area contributed by atoms with Crippen LogP contribution in [-0.2, 0) is 0 Å². The molecule has 0 aliphatic heterocycles. The zero-order valence-corrected chi connectivity index (χ0v) is 9.68. The Hall–Kier alpha value is -1.75. The first-order valence-electron chi connectivity index (χ1n) is 5.19. The van der Waals surface area contributed by atoms with E-state index in [4.69, 9.17) is 5.73 Å². The molecule has 0 bridgehead atoms. The van der Waals surface area contributed by atoms with Gasteiger partial charge in [-0.05, 0) is 32.4 Å². The summed E-state index contributed by atoms with van der Waals surface area (Å²) in [5.74, 6) is 0. The van der Waals surface area contributed by atoms with Gasteiger partial charge in [-0.15, -0.1) is 5.10 Å². The Balaban J connectivity index is 2.49. The Morgan fingerprint density at radius 3 is 2.62 bits per heavy atom. The van der Waals surface area contributed by atoms with Crippen molar-refractivity contribution in [3.63, 3.8) is 0 Å². The fraction of sp³-hybridized carbons (Fsp3) is 0.364. The largest absolute Gasteiger partial charge is 0.323 e. The molecule has 0 fully saturated rings. The minimum atomic E-state index is -0.105. The third kappa shape index (κ3) is 1.81. The molecule has 0 spiro atoms. The van der Waals surface area contributed by atoms with Crippen molar-refractivity contribution in [3.8, 4) is 5.69 Å². The number of nitrogens with two attached hydrogens (primary N) is 1. The maximum Gasteiger partial charge on any atom is 0.102 e. The van der Waals surface area contributed by atoms with Crippen molar-refractivity contribution in [1.29, 1.82) is 0 Å². The number of aromatic nitrogens is 4. The molecule has 0 radical (unpaired) electrons. The van der Waals surface area contributed by atoms with Crippen LogP contribution in [0.1, 0.15) is 29.9 Å². The average molecular weight is 217 g/mol. The minimum absolute atomic E-state index is 0.105. The Bertz CT molecular complexity index is 501. The van der Waals surface area contributed by atoms with Crippen molar-refractivity contribution in [1.82, 2.24) is 20.0 Å². The van der Waals surface area contributed by atoms with Crippen LogP contribution in [0.25, 0.3) is 5.69 Å². The molecule has 5 heteroatoms. The van der Waals surface area contributed by atoms with Crippen LogP contribution in [0.3, 0.4) is 0 Å². The maximum atomic E-state index is 5.80. The lowest BCUT2D eigenvalue weighted by atomic mass is 10.2. The topological polar surface area (TPSA) is 69.6 Å². The van der Waals surface area contributed by atoms with E-state index in [1.807, 2.05) is 33.0 Å². The van der Waals surface area contributed by atoms with Gasteiger partial charge in [-0.1, -0.05) is 5.21 Å². The first-order chi connectivity index (χ1) is 7.59. The third-order valence-electron chi connectivity index (χ3n) is 2.47. The van der Waals surface area contributed by atoms with Gasteiger partial charge in [0.2, 0.25) is 0 Å². The van der Waals surface area contributed by atoms with Crippen LogP contribution in [0.15, 0.2) is 18.5 Å². The van der Waals surface area contributed by atoms with Crippen LogP contribution >= 0.6 is 0 Å². The normalized spacial score (nSPS) is 12.8. The molecule has 5 nitrogen and oxygen atoms in total. The van der Waals surface area contributed by atoms with Crippen LogP contribution in [0.2, 0.25) is 0 Å². The summed E-state index contributed by atoms with van der Waals surface area (Å²) in [5, 5.41) is 8.18. The Morgan fingerprint density at radius 2 is 2.06 bits per heavy atom. The Labute approximate surface area is 94.3 Å². The summed E-state index contributed by atoms with van der Waals surface area (Å²) < 4.78 is 1.76. The highest BCUT2D eigenvalue weighted by Crippen LogP contribution is 2.15. The molecule has 0 aromatic carbocycles. The average Bonchev–Trinajstić information content (AvgIpc) is 2.60. The van der Waals surface area contributed by atoms with Gasteiger partial charge in [-0.3, -0.25) is 4.98 Å². The van der Waals surface area contributed by atoms with Crippen molar-refractivity contribution in [2.24, 2.45) is 5.73 Å². The summed E-state index contributed by atoms with van der Waals surface area (Å²) >= 11 is 0. The van der Waals surface area contributed by atoms with Crippen LogP contribution in [-0.4, -0.2) is 20.0 Å². The molecular weight excluding hydrogens is 202 g/mol. The van der Waals surface area contributed by atoms with Crippen LogP contribution < -0.4 is 5.73 Å². The second kappa shape index (κ2) is 4.02. The van der Waals surface area contributed by atoms with Crippen molar-refractivity contribution in [2.75, 3.05) is 0 Å². The summed E-state index contributed by atoms with van der Waals surface area (Å²) in [7, 11) is 0. The SMILES string of the molecule is Cc1cncc(-n2nnc(C(C)N)c2C)c1. The monoisotopic (exact) mass is 217 g/mol. The molecule has 84 valence electrons. The van der Waals surface area contributed by atoms with Crippen LogP contribution in [0, 0.1) is 13.8 Å². The fourth-order valence-electron chi connectivity index (χ4n) is 1.66. The number of hydrogen-bond acceptors (Lipinski definition) is 4. The summed E-state index contributed by atoms with van der Waals surface area (Å²) in [6.45, 7) is 5.85. The van der Waals surface area contributed by atoms with E-state index in [9.17, 15) is 0 Å². The van der Waals surface area contributed by atoms with E-state index in [2.05, 4.69) is 15.3 Å². The van der Waals surface area contributed by atoms with Gasteiger partial charge in [-0.25, -0.2) is 4.68 Å². The van der Waals surface area contributed by atoms with Crippen molar-refractivity contribution >= 4 is 0 Å². The number of nitrogens with zero attached hydrogens (tertiary/aromatic N) is 4. The number of rotatable bonds is 2. The zero-order chi connectivity index (χ0) is 11.7. The van der Waals surface area contributed by atoms with Crippen molar-refractivity contribution in [2.45, 2.75) is 26.8 Å². The molecule has 2 N–H and O–H groups in total. The van der Waals surface area contributed by atoms with Gasteiger partial charge < -0.3 is 5.73 Å². The first-order valence-corrected chi connectivity index (χ1v) is 5.19. The van der Waals surface area contributed by atoms with E-state index < -0.39 is 0 Å². The number of hydrogen-bond donors (Lipinski definition) is 1. The molecule has 1 unspecified atom stereocenters. The van der Waals surface area contributed by atoms with E-state index in [-0.39, 0.29) is 6.04 Å². The highest BCUT2D eigenvalue weighted by Gasteiger charge is 2.13. The van der Waals surface area contributed by atoms with Gasteiger partial charge in [0.25, 0.3) is 0 Å². The van der Waals surface area contributed by atoms with Crippen molar-refractivity contribution < 1.29 is 0 Å². The standard InChI is InChI=1S/C11H15N5/c1-7-4-10(6-13-5-7)16-9(3)11(8(2)12)14-15-16/h4-6,8H,12H2,1-3H3. The lowest BCUT2D eigenvalue weighted by Crippen LogP contribution is -2.08. The van der Waals surface area contributed by atoms with E-state index in [1.54, 1.807) is 10.9 Å². The van der Waals surface area contributed by atoms with Gasteiger partial charge >= 0.3 is 0 Å². The van der Waals surface area contributed by atoms with Gasteiger partial charge in [0.05, 0.1) is 17.6 Å². The molecule has 0 saturated carbocycles. The van der Waals surface area contributed by atoms with Crippen LogP contribution in [0.5, 0.6) is 0 Å². The molecule has 16 heavy (non-hydrogen) atoms. The number of aryl methyl sites for hydroxylation is 1. The molecule has 2 rings (SSSR count). The van der Waals surface area contributed by atoms with E-state index in [0.717, 1.165) is 22.6 Å². The maximum absolute atomic E-state index is 5.80.